The molecule has 1 fully saturated rings. The Balaban J connectivity index is 1.37. The third-order valence-electron chi connectivity index (χ3n) is 4.14. The fourth-order valence-electron chi connectivity index (χ4n) is 2.79. The lowest BCUT2D eigenvalue weighted by molar-refractivity contribution is 0.135. The monoisotopic (exact) mass is 345 g/mol. The van der Waals surface area contributed by atoms with Gasteiger partial charge < -0.3 is 10.2 Å². The summed E-state index contributed by atoms with van der Waals surface area (Å²) in [7, 11) is 0. The van der Waals surface area contributed by atoms with Crippen LogP contribution in [0.3, 0.4) is 0 Å². The van der Waals surface area contributed by atoms with Gasteiger partial charge in [-0.05, 0) is 24.6 Å². The Bertz CT molecular complexity index is 652. The van der Waals surface area contributed by atoms with Gasteiger partial charge in [0.15, 0.2) is 0 Å². The van der Waals surface area contributed by atoms with Crippen LogP contribution in [0.2, 0.25) is 0 Å². The lowest BCUT2D eigenvalue weighted by Gasteiger charge is -2.34. The van der Waals surface area contributed by atoms with Crippen LogP contribution in [-0.2, 0) is 13.0 Å². The topological polar surface area (TPSA) is 61.4 Å². The number of carbonyl (C=O) groups excluding carboxylic acids is 1. The number of urea groups is 1. The Kier molecular flexibility index (Phi) is 5.77. The molecule has 3 heterocycles. The summed E-state index contributed by atoms with van der Waals surface area (Å²) in [5.74, 6) is 0. The summed E-state index contributed by atoms with van der Waals surface area (Å²) in [4.78, 5) is 25.0. The van der Waals surface area contributed by atoms with Crippen molar-refractivity contribution >= 4 is 17.4 Å². The van der Waals surface area contributed by atoms with Gasteiger partial charge in [-0.1, -0.05) is 0 Å². The van der Waals surface area contributed by atoms with Gasteiger partial charge in [-0.15, -0.1) is 11.3 Å². The average molecular weight is 345 g/mol. The van der Waals surface area contributed by atoms with Crippen molar-refractivity contribution in [3.8, 4) is 0 Å². The zero-order valence-corrected chi connectivity index (χ0v) is 14.8. The first-order valence-electron chi connectivity index (χ1n) is 8.26. The number of nitrogens with one attached hydrogen (secondary N) is 1. The molecule has 0 aliphatic carbocycles. The van der Waals surface area contributed by atoms with E-state index >= 15 is 0 Å². The molecule has 128 valence electrons. The number of hydrogen-bond donors (Lipinski definition) is 1. The predicted molar refractivity (Wildman–Crippen MR) is 95.0 cm³/mol. The Morgan fingerprint density at radius 2 is 2.00 bits per heavy atom. The lowest BCUT2D eigenvalue weighted by atomic mass is 10.2. The van der Waals surface area contributed by atoms with E-state index in [9.17, 15) is 4.79 Å². The number of aryl methyl sites for hydroxylation is 1. The van der Waals surface area contributed by atoms with Gasteiger partial charge in [0, 0.05) is 63.5 Å². The molecule has 2 aromatic heterocycles. The van der Waals surface area contributed by atoms with Crippen molar-refractivity contribution in [3.63, 3.8) is 0 Å². The molecular formula is C17H23N5OS. The van der Waals surface area contributed by atoms with Crippen LogP contribution in [0.4, 0.5) is 4.79 Å². The highest BCUT2D eigenvalue weighted by Crippen LogP contribution is 2.09. The van der Waals surface area contributed by atoms with Crippen LogP contribution >= 0.6 is 11.3 Å². The molecule has 2 amide bonds. The van der Waals surface area contributed by atoms with Gasteiger partial charge in [0.25, 0.3) is 0 Å². The van der Waals surface area contributed by atoms with Gasteiger partial charge >= 0.3 is 6.03 Å². The summed E-state index contributed by atoms with van der Waals surface area (Å²) in [5.41, 5.74) is 2.32. The second-order valence-corrected chi connectivity index (χ2v) is 7.02. The molecule has 1 N–H and O–H groups in total. The summed E-state index contributed by atoms with van der Waals surface area (Å²) in [6, 6.07) is 4.11. The molecule has 2 aromatic rings. The standard InChI is InChI=1S/C17H23N5OS/c1-14-20-16(13-24-14)4-7-19-17(23)22-10-8-21(9-11-22)12-15-2-5-18-6-3-15/h2-3,5-6,13H,4,7-12H2,1H3,(H,19,23). The minimum absolute atomic E-state index is 0.0329. The number of aromatic nitrogens is 2. The molecule has 0 atom stereocenters. The molecular weight excluding hydrogens is 322 g/mol. The summed E-state index contributed by atoms with van der Waals surface area (Å²) in [6.07, 6.45) is 4.43. The van der Waals surface area contributed by atoms with Crippen molar-refractivity contribution in [2.45, 2.75) is 19.9 Å². The molecule has 0 radical (unpaired) electrons. The molecule has 1 aliphatic heterocycles. The maximum Gasteiger partial charge on any atom is 0.317 e. The Morgan fingerprint density at radius 3 is 2.67 bits per heavy atom. The van der Waals surface area contributed by atoms with Crippen molar-refractivity contribution < 1.29 is 4.79 Å². The molecule has 0 bridgehead atoms. The van der Waals surface area contributed by atoms with E-state index < -0.39 is 0 Å². The lowest BCUT2D eigenvalue weighted by Crippen LogP contribution is -2.51. The van der Waals surface area contributed by atoms with Crippen LogP contribution in [0.25, 0.3) is 0 Å². The minimum Gasteiger partial charge on any atom is -0.338 e. The maximum atomic E-state index is 12.2. The largest absolute Gasteiger partial charge is 0.338 e. The van der Waals surface area contributed by atoms with Crippen LogP contribution in [0.1, 0.15) is 16.3 Å². The second-order valence-electron chi connectivity index (χ2n) is 5.96. The molecule has 0 aromatic carbocycles. The number of nitrogens with zero attached hydrogens (tertiary/aromatic N) is 4. The number of hydrogen-bond acceptors (Lipinski definition) is 5. The summed E-state index contributed by atoms with van der Waals surface area (Å²) in [6.45, 7) is 6.90. The summed E-state index contributed by atoms with van der Waals surface area (Å²) in [5, 5.41) is 6.13. The van der Waals surface area contributed by atoms with Crippen molar-refractivity contribution in [2.24, 2.45) is 0 Å². The van der Waals surface area contributed by atoms with Gasteiger partial charge in [-0.25, -0.2) is 9.78 Å². The van der Waals surface area contributed by atoms with Gasteiger partial charge in [-0.3, -0.25) is 9.88 Å². The van der Waals surface area contributed by atoms with Crippen molar-refractivity contribution in [1.29, 1.82) is 0 Å². The van der Waals surface area contributed by atoms with E-state index in [4.69, 9.17) is 0 Å². The maximum absolute atomic E-state index is 12.2. The van der Waals surface area contributed by atoms with E-state index in [0.717, 1.165) is 49.8 Å². The molecule has 7 heteroatoms. The Morgan fingerprint density at radius 1 is 1.25 bits per heavy atom. The number of piperazine rings is 1. The van der Waals surface area contributed by atoms with Gasteiger partial charge in [0.05, 0.1) is 10.7 Å². The van der Waals surface area contributed by atoms with Crippen LogP contribution in [0.15, 0.2) is 29.9 Å². The fraction of sp³-hybridized carbons (Fsp3) is 0.471. The van der Waals surface area contributed by atoms with Crippen molar-refractivity contribution in [1.82, 2.24) is 25.1 Å². The fourth-order valence-corrected chi connectivity index (χ4v) is 3.43. The number of thiazole rings is 1. The first-order chi connectivity index (χ1) is 11.7. The first-order valence-corrected chi connectivity index (χ1v) is 9.14. The van der Waals surface area contributed by atoms with E-state index in [2.05, 4.69) is 25.6 Å². The number of rotatable bonds is 5. The highest BCUT2D eigenvalue weighted by Gasteiger charge is 2.20. The number of pyridine rings is 1. The molecule has 6 nitrogen and oxygen atoms in total. The van der Waals surface area contributed by atoms with Gasteiger partial charge in [0.1, 0.15) is 0 Å². The van der Waals surface area contributed by atoms with E-state index in [0.29, 0.717) is 6.54 Å². The highest BCUT2D eigenvalue weighted by molar-refractivity contribution is 7.09. The zero-order chi connectivity index (χ0) is 16.8. The van der Waals surface area contributed by atoms with Crippen LogP contribution < -0.4 is 5.32 Å². The van der Waals surface area contributed by atoms with Crippen molar-refractivity contribution in [2.75, 3.05) is 32.7 Å². The van der Waals surface area contributed by atoms with E-state index in [-0.39, 0.29) is 6.03 Å². The van der Waals surface area contributed by atoms with E-state index in [1.165, 1.54) is 5.56 Å². The quantitative estimate of drug-likeness (QED) is 0.899. The SMILES string of the molecule is Cc1nc(CCNC(=O)N2CCN(Cc3ccncc3)CC2)cs1. The van der Waals surface area contributed by atoms with Crippen molar-refractivity contribution in [3.05, 3.63) is 46.2 Å². The van der Waals surface area contributed by atoms with Gasteiger partial charge in [0.2, 0.25) is 0 Å². The second kappa shape index (κ2) is 8.21. The van der Waals surface area contributed by atoms with E-state index in [1.54, 1.807) is 11.3 Å². The highest BCUT2D eigenvalue weighted by atomic mass is 32.1. The first kappa shape index (κ1) is 16.9. The molecule has 3 rings (SSSR count). The molecule has 0 saturated carbocycles. The third kappa shape index (κ3) is 4.75. The zero-order valence-electron chi connectivity index (χ0n) is 13.9. The van der Waals surface area contributed by atoms with Crippen LogP contribution in [-0.4, -0.2) is 58.5 Å². The Hall–Kier alpha value is -1.99. The third-order valence-corrected chi connectivity index (χ3v) is 4.96. The van der Waals surface area contributed by atoms with Crippen LogP contribution in [0.5, 0.6) is 0 Å². The molecule has 1 aliphatic rings. The average Bonchev–Trinajstić information content (AvgIpc) is 3.02. The molecule has 0 spiro atoms. The molecule has 0 unspecified atom stereocenters. The summed E-state index contributed by atoms with van der Waals surface area (Å²) < 4.78 is 0. The minimum atomic E-state index is 0.0329. The van der Waals surface area contributed by atoms with Crippen LogP contribution in [0, 0.1) is 6.92 Å². The summed E-state index contributed by atoms with van der Waals surface area (Å²) >= 11 is 1.65. The molecule has 24 heavy (non-hydrogen) atoms. The van der Waals surface area contributed by atoms with Gasteiger partial charge in [-0.2, -0.15) is 0 Å². The smallest absolute Gasteiger partial charge is 0.317 e. The number of carbonyl (C=O) groups is 1. The molecule has 1 saturated heterocycles. The normalized spacial score (nSPS) is 15.5. The van der Waals surface area contributed by atoms with E-state index in [1.807, 2.05) is 36.4 Å². The Labute approximate surface area is 146 Å². The predicted octanol–water partition coefficient (Wildman–Crippen LogP) is 1.92. The number of amides is 2.